The molecular formula is C10H12S. The number of thioether (sulfide) groups is 1. The first-order valence-corrected chi connectivity index (χ1v) is 4.76. The Hall–Kier alpha value is -0.690. The third-order valence-corrected chi connectivity index (χ3v) is 2.33. The van der Waals surface area contributed by atoms with Gasteiger partial charge in [-0.3, -0.25) is 0 Å². The van der Waals surface area contributed by atoms with Crippen molar-refractivity contribution in [2.45, 2.75) is 11.8 Å². The van der Waals surface area contributed by atoms with Gasteiger partial charge in [0, 0.05) is 4.90 Å². The molecule has 1 aromatic carbocycles. The van der Waals surface area contributed by atoms with E-state index in [1.807, 2.05) is 6.92 Å². The van der Waals surface area contributed by atoms with E-state index < -0.39 is 0 Å². The summed E-state index contributed by atoms with van der Waals surface area (Å²) in [5.41, 5.74) is 2.35. The fourth-order valence-corrected chi connectivity index (χ4v) is 1.28. The molecule has 1 heteroatoms. The predicted octanol–water partition coefficient (Wildman–Crippen LogP) is 3.44. The SMILES string of the molecule is C=C(C)c1ccc(SC)cc1. The van der Waals surface area contributed by atoms with Gasteiger partial charge < -0.3 is 0 Å². The summed E-state index contributed by atoms with van der Waals surface area (Å²) in [5.74, 6) is 0. The fourth-order valence-electron chi connectivity index (χ4n) is 0.876. The molecular weight excluding hydrogens is 152 g/mol. The first kappa shape index (κ1) is 8.41. The van der Waals surface area contributed by atoms with Crippen molar-refractivity contribution in [2.75, 3.05) is 6.26 Å². The zero-order valence-corrected chi connectivity index (χ0v) is 7.74. The van der Waals surface area contributed by atoms with Gasteiger partial charge in [-0.05, 0) is 30.9 Å². The van der Waals surface area contributed by atoms with Crippen molar-refractivity contribution in [3.05, 3.63) is 36.4 Å². The van der Waals surface area contributed by atoms with Crippen molar-refractivity contribution in [3.63, 3.8) is 0 Å². The smallest absolute Gasteiger partial charge is 0.00695 e. The van der Waals surface area contributed by atoms with Crippen LogP contribution in [0, 0.1) is 0 Å². The molecule has 0 bridgehead atoms. The van der Waals surface area contributed by atoms with Gasteiger partial charge in [-0.2, -0.15) is 0 Å². The zero-order valence-electron chi connectivity index (χ0n) is 6.92. The molecule has 0 fully saturated rings. The quantitative estimate of drug-likeness (QED) is 0.603. The first-order valence-electron chi connectivity index (χ1n) is 3.54. The first-order chi connectivity index (χ1) is 5.24. The average molecular weight is 164 g/mol. The Morgan fingerprint density at radius 1 is 1.27 bits per heavy atom. The molecule has 58 valence electrons. The molecule has 0 saturated carbocycles. The van der Waals surface area contributed by atoms with Crippen molar-refractivity contribution in [3.8, 4) is 0 Å². The van der Waals surface area contributed by atoms with Gasteiger partial charge in [0.15, 0.2) is 0 Å². The molecule has 0 aromatic heterocycles. The van der Waals surface area contributed by atoms with Crippen LogP contribution in [-0.2, 0) is 0 Å². The largest absolute Gasteiger partial charge is 0.130 e. The van der Waals surface area contributed by atoms with Gasteiger partial charge in [0.2, 0.25) is 0 Å². The third kappa shape index (κ3) is 2.12. The van der Waals surface area contributed by atoms with Crippen LogP contribution >= 0.6 is 11.8 Å². The molecule has 1 aromatic rings. The summed E-state index contributed by atoms with van der Waals surface area (Å²) in [7, 11) is 0. The van der Waals surface area contributed by atoms with Crippen LogP contribution in [-0.4, -0.2) is 6.26 Å². The molecule has 0 aliphatic carbocycles. The number of hydrogen-bond donors (Lipinski definition) is 0. The van der Waals surface area contributed by atoms with Crippen LogP contribution in [0.1, 0.15) is 12.5 Å². The number of rotatable bonds is 2. The lowest BCUT2D eigenvalue weighted by Crippen LogP contribution is -1.76. The summed E-state index contributed by atoms with van der Waals surface area (Å²) in [5, 5.41) is 0. The number of allylic oxidation sites excluding steroid dienone is 1. The summed E-state index contributed by atoms with van der Waals surface area (Å²) in [6, 6.07) is 8.45. The Balaban J connectivity index is 2.91. The second-order valence-corrected chi connectivity index (χ2v) is 3.39. The van der Waals surface area contributed by atoms with Crippen LogP contribution in [0.5, 0.6) is 0 Å². The molecule has 11 heavy (non-hydrogen) atoms. The minimum absolute atomic E-state index is 1.12. The van der Waals surface area contributed by atoms with Crippen LogP contribution in [0.3, 0.4) is 0 Å². The lowest BCUT2D eigenvalue weighted by atomic mass is 10.1. The maximum absolute atomic E-state index is 3.87. The molecule has 0 saturated heterocycles. The topological polar surface area (TPSA) is 0 Å². The van der Waals surface area contributed by atoms with Gasteiger partial charge >= 0.3 is 0 Å². The standard InChI is InChI=1S/C10H12S/c1-8(2)9-4-6-10(11-3)7-5-9/h4-7H,1H2,2-3H3. The number of benzene rings is 1. The number of hydrogen-bond acceptors (Lipinski definition) is 1. The molecule has 0 atom stereocenters. The highest BCUT2D eigenvalue weighted by molar-refractivity contribution is 7.98. The van der Waals surface area contributed by atoms with Crippen LogP contribution in [0.4, 0.5) is 0 Å². The van der Waals surface area contributed by atoms with Crippen molar-refractivity contribution in [2.24, 2.45) is 0 Å². The highest BCUT2D eigenvalue weighted by atomic mass is 32.2. The lowest BCUT2D eigenvalue weighted by molar-refractivity contribution is 1.43. The molecule has 0 N–H and O–H groups in total. The van der Waals surface area contributed by atoms with E-state index in [1.165, 1.54) is 10.5 Å². The van der Waals surface area contributed by atoms with E-state index in [0.717, 1.165) is 5.57 Å². The zero-order chi connectivity index (χ0) is 8.27. The lowest BCUT2D eigenvalue weighted by Gasteiger charge is -1.99. The van der Waals surface area contributed by atoms with Gasteiger partial charge in [-0.25, -0.2) is 0 Å². The molecule has 0 aliphatic heterocycles. The maximum Gasteiger partial charge on any atom is 0.00695 e. The maximum atomic E-state index is 3.87. The molecule has 0 amide bonds. The Labute approximate surface area is 72.3 Å². The van der Waals surface area contributed by atoms with Gasteiger partial charge in [0.1, 0.15) is 0 Å². The predicted molar refractivity (Wildman–Crippen MR) is 52.9 cm³/mol. The molecule has 0 radical (unpaired) electrons. The molecule has 0 heterocycles. The monoisotopic (exact) mass is 164 g/mol. The van der Waals surface area contributed by atoms with E-state index in [9.17, 15) is 0 Å². The van der Waals surface area contributed by atoms with Crippen LogP contribution in [0.2, 0.25) is 0 Å². The van der Waals surface area contributed by atoms with Gasteiger partial charge in [0.25, 0.3) is 0 Å². The molecule has 1 rings (SSSR count). The normalized spacial score (nSPS) is 9.64. The van der Waals surface area contributed by atoms with Crippen molar-refractivity contribution < 1.29 is 0 Å². The highest BCUT2D eigenvalue weighted by Crippen LogP contribution is 2.18. The van der Waals surface area contributed by atoms with E-state index in [2.05, 4.69) is 37.1 Å². The summed E-state index contributed by atoms with van der Waals surface area (Å²) in [4.78, 5) is 1.30. The van der Waals surface area contributed by atoms with E-state index in [4.69, 9.17) is 0 Å². The summed E-state index contributed by atoms with van der Waals surface area (Å²) in [6.45, 7) is 5.90. The van der Waals surface area contributed by atoms with Crippen molar-refractivity contribution >= 4 is 17.3 Å². The fraction of sp³-hybridized carbons (Fsp3) is 0.200. The van der Waals surface area contributed by atoms with E-state index in [-0.39, 0.29) is 0 Å². The molecule has 0 spiro atoms. The Kier molecular flexibility index (Phi) is 2.77. The van der Waals surface area contributed by atoms with Crippen molar-refractivity contribution in [1.82, 2.24) is 0 Å². The van der Waals surface area contributed by atoms with Gasteiger partial charge in [0.05, 0.1) is 0 Å². The Morgan fingerprint density at radius 3 is 2.18 bits per heavy atom. The second kappa shape index (κ2) is 3.63. The van der Waals surface area contributed by atoms with E-state index in [0.29, 0.717) is 0 Å². The highest BCUT2D eigenvalue weighted by Gasteiger charge is 1.92. The summed E-state index contributed by atoms with van der Waals surface area (Å²) in [6.07, 6.45) is 2.08. The molecule has 0 aliphatic rings. The minimum atomic E-state index is 1.12. The average Bonchev–Trinajstić information content (AvgIpc) is 2.05. The van der Waals surface area contributed by atoms with Crippen molar-refractivity contribution in [1.29, 1.82) is 0 Å². The van der Waals surface area contributed by atoms with E-state index >= 15 is 0 Å². The van der Waals surface area contributed by atoms with Crippen LogP contribution < -0.4 is 0 Å². The Bertz CT molecular complexity index is 246. The molecule has 0 unspecified atom stereocenters. The van der Waals surface area contributed by atoms with Crippen LogP contribution in [0.25, 0.3) is 5.57 Å². The third-order valence-electron chi connectivity index (χ3n) is 1.58. The van der Waals surface area contributed by atoms with Gasteiger partial charge in [-0.1, -0.05) is 24.3 Å². The summed E-state index contributed by atoms with van der Waals surface area (Å²) < 4.78 is 0. The molecule has 0 nitrogen and oxygen atoms in total. The second-order valence-electron chi connectivity index (χ2n) is 2.51. The van der Waals surface area contributed by atoms with Gasteiger partial charge in [-0.15, -0.1) is 11.8 Å². The van der Waals surface area contributed by atoms with E-state index in [1.54, 1.807) is 11.8 Å². The minimum Gasteiger partial charge on any atom is -0.130 e. The van der Waals surface area contributed by atoms with Crippen LogP contribution in [0.15, 0.2) is 35.7 Å². The Morgan fingerprint density at radius 2 is 1.82 bits per heavy atom. The summed E-state index contributed by atoms with van der Waals surface area (Å²) >= 11 is 1.76.